The molecule has 0 bridgehead atoms. The lowest BCUT2D eigenvalue weighted by Gasteiger charge is -2.22. The Morgan fingerprint density at radius 1 is 0.762 bits per heavy atom. The lowest BCUT2D eigenvalue weighted by atomic mass is 10.1. The van der Waals surface area contributed by atoms with E-state index in [1.165, 1.54) is 32.1 Å². The molecule has 4 nitrogen and oxygen atoms in total. The van der Waals surface area contributed by atoms with Gasteiger partial charge >= 0.3 is 0 Å². The van der Waals surface area contributed by atoms with Crippen LogP contribution in [-0.4, -0.2) is 47.8 Å². The molecule has 1 rings (SSSR count). The van der Waals surface area contributed by atoms with Crippen molar-refractivity contribution in [2.24, 2.45) is 0 Å². The molecular weight excluding hydrogens is 264 g/mol. The van der Waals surface area contributed by atoms with Crippen molar-refractivity contribution in [3.05, 3.63) is 0 Å². The van der Waals surface area contributed by atoms with Gasteiger partial charge in [-0.1, -0.05) is 46.0 Å². The highest BCUT2D eigenvalue weighted by atomic mass is 16.2. The predicted octanol–water partition coefficient (Wildman–Crippen LogP) is 3.21. The number of amides is 2. The monoisotopic (exact) mass is 296 g/mol. The Morgan fingerprint density at radius 2 is 1.33 bits per heavy atom. The molecule has 0 aliphatic carbocycles. The highest BCUT2D eigenvalue weighted by Crippen LogP contribution is 2.11. The van der Waals surface area contributed by atoms with Gasteiger partial charge in [0.05, 0.1) is 0 Å². The van der Waals surface area contributed by atoms with E-state index in [4.69, 9.17) is 0 Å². The van der Waals surface area contributed by atoms with Crippen molar-refractivity contribution in [1.82, 2.24) is 9.80 Å². The topological polar surface area (TPSA) is 40.6 Å². The Morgan fingerprint density at radius 3 is 1.95 bits per heavy atom. The standard InChI is InChI=1S/C17H32N2O2/c1-3-5-6-7-8-9-11-17(21)19-13-10-12-18(14-15-19)16(20)4-2/h3-15H2,1-2H3. The third kappa shape index (κ3) is 6.96. The van der Waals surface area contributed by atoms with Crippen molar-refractivity contribution < 1.29 is 9.59 Å². The van der Waals surface area contributed by atoms with Crippen LogP contribution >= 0.6 is 0 Å². The number of hydrogen-bond donors (Lipinski definition) is 0. The van der Waals surface area contributed by atoms with Gasteiger partial charge in [0, 0.05) is 39.0 Å². The molecule has 0 saturated carbocycles. The molecule has 0 N–H and O–H groups in total. The number of rotatable bonds is 8. The van der Waals surface area contributed by atoms with E-state index in [1.54, 1.807) is 0 Å². The fourth-order valence-corrected chi connectivity index (χ4v) is 2.85. The Bertz CT molecular complexity index is 318. The van der Waals surface area contributed by atoms with Crippen LogP contribution in [0.2, 0.25) is 0 Å². The zero-order valence-corrected chi connectivity index (χ0v) is 13.9. The quantitative estimate of drug-likeness (QED) is 0.645. The van der Waals surface area contributed by atoms with Gasteiger partial charge in [-0.15, -0.1) is 0 Å². The van der Waals surface area contributed by atoms with E-state index in [-0.39, 0.29) is 11.8 Å². The van der Waals surface area contributed by atoms with Crippen molar-refractivity contribution in [2.75, 3.05) is 26.2 Å². The third-order valence-corrected chi connectivity index (χ3v) is 4.25. The molecule has 4 heteroatoms. The molecule has 2 amide bonds. The van der Waals surface area contributed by atoms with Crippen LogP contribution in [0.4, 0.5) is 0 Å². The number of nitrogens with zero attached hydrogens (tertiary/aromatic N) is 2. The molecule has 0 aromatic heterocycles. The van der Waals surface area contributed by atoms with Gasteiger partial charge in [0.2, 0.25) is 11.8 Å². The van der Waals surface area contributed by atoms with Gasteiger partial charge < -0.3 is 9.80 Å². The lowest BCUT2D eigenvalue weighted by Crippen LogP contribution is -2.37. The molecule has 1 aliphatic rings. The average molecular weight is 296 g/mol. The highest BCUT2D eigenvalue weighted by Gasteiger charge is 2.20. The van der Waals surface area contributed by atoms with E-state index in [2.05, 4.69) is 6.92 Å². The SMILES string of the molecule is CCCCCCCCC(=O)N1CCCN(C(=O)CC)CC1. The molecule has 21 heavy (non-hydrogen) atoms. The first-order valence-electron chi connectivity index (χ1n) is 8.74. The summed E-state index contributed by atoms with van der Waals surface area (Å²) in [6.07, 6.45) is 9.44. The van der Waals surface area contributed by atoms with E-state index in [1.807, 2.05) is 16.7 Å². The fraction of sp³-hybridized carbons (Fsp3) is 0.882. The smallest absolute Gasteiger partial charge is 0.222 e. The molecule has 1 fully saturated rings. The largest absolute Gasteiger partial charge is 0.341 e. The summed E-state index contributed by atoms with van der Waals surface area (Å²) < 4.78 is 0. The summed E-state index contributed by atoms with van der Waals surface area (Å²) in [7, 11) is 0. The van der Waals surface area contributed by atoms with Crippen molar-refractivity contribution in [1.29, 1.82) is 0 Å². The van der Waals surface area contributed by atoms with Gasteiger partial charge in [-0.2, -0.15) is 0 Å². The summed E-state index contributed by atoms with van der Waals surface area (Å²) >= 11 is 0. The van der Waals surface area contributed by atoms with Crippen molar-refractivity contribution in [3.63, 3.8) is 0 Å². The van der Waals surface area contributed by atoms with E-state index in [0.717, 1.165) is 25.9 Å². The Kier molecular flexibility index (Phi) is 9.11. The second-order valence-electron chi connectivity index (χ2n) is 5.99. The summed E-state index contributed by atoms with van der Waals surface area (Å²) in [5.74, 6) is 0.483. The highest BCUT2D eigenvalue weighted by molar-refractivity contribution is 5.77. The summed E-state index contributed by atoms with van der Waals surface area (Å²) in [6.45, 7) is 7.13. The van der Waals surface area contributed by atoms with Gasteiger partial charge in [0.1, 0.15) is 0 Å². The van der Waals surface area contributed by atoms with Crippen molar-refractivity contribution >= 4 is 11.8 Å². The van der Waals surface area contributed by atoms with Crippen LogP contribution in [0.15, 0.2) is 0 Å². The maximum atomic E-state index is 12.2. The Labute approximate surface area is 129 Å². The summed E-state index contributed by atoms with van der Waals surface area (Å²) in [5.41, 5.74) is 0. The Hall–Kier alpha value is -1.06. The Balaban J connectivity index is 2.21. The number of carbonyl (C=O) groups is 2. The second-order valence-corrected chi connectivity index (χ2v) is 5.99. The van der Waals surface area contributed by atoms with E-state index < -0.39 is 0 Å². The normalized spacial score (nSPS) is 15.9. The fourth-order valence-electron chi connectivity index (χ4n) is 2.85. The maximum Gasteiger partial charge on any atom is 0.222 e. The molecule has 1 aliphatic heterocycles. The first-order chi connectivity index (χ1) is 10.2. The second kappa shape index (κ2) is 10.6. The minimum Gasteiger partial charge on any atom is -0.341 e. The zero-order chi connectivity index (χ0) is 15.5. The van der Waals surface area contributed by atoms with Gasteiger partial charge in [-0.25, -0.2) is 0 Å². The van der Waals surface area contributed by atoms with Crippen LogP contribution in [0.1, 0.15) is 71.6 Å². The van der Waals surface area contributed by atoms with Gasteiger partial charge in [0.25, 0.3) is 0 Å². The zero-order valence-electron chi connectivity index (χ0n) is 13.9. The van der Waals surface area contributed by atoms with Crippen LogP contribution in [0.3, 0.4) is 0 Å². The maximum absolute atomic E-state index is 12.2. The van der Waals surface area contributed by atoms with Gasteiger partial charge in [0.15, 0.2) is 0 Å². The molecule has 0 aromatic carbocycles. The molecule has 0 spiro atoms. The minimum atomic E-state index is 0.209. The summed E-state index contributed by atoms with van der Waals surface area (Å²) in [4.78, 5) is 27.8. The molecule has 0 unspecified atom stereocenters. The van der Waals surface area contributed by atoms with E-state index in [9.17, 15) is 9.59 Å². The van der Waals surface area contributed by atoms with Crippen LogP contribution in [0.5, 0.6) is 0 Å². The van der Waals surface area contributed by atoms with Crippen molar-refractivity contribution in [2.45, 2.75) is 71.6 Å². The van der Waals surface area contributed by atoms with E-state index in [0.29, 0.717) is 25.9 Å². The van der Waals surface area contributed by atoms with Crippen LogP contribution in [0.25, 0.3) is 0 Å². The molecule has 0 radical (unpaired) electrons. The molecule has 0 aromatic rings. The molecule has 122 valence electrons. The molecule has 1 heterocycles. The van der Waals surface area contributed by atoms with Gasteiger partial charge in [-0.3, -0.25) is 9.59 Å². The number of unbranched alkanes of at least 4 members (excludes halogenated alkanes) is 5. The number of hydrogen-bond acceptors (Lipinski definition) is 2. The van der Waals surface area contributed by atoms with Crippen molar-refractivity contribution in [3.8, 4) is 0 Å². The van der Waals surface area contributed by atoms with Crippen LogP contribution in [-0.2, 0) is 9.59 Å². The van der Waals surface area contributed by atoms with Crippen LogP contribution < -0.4 is 0 Å². The first-order valence-corrected chi connectivity index (χ1v) is 8.74. The molecule has 0 atom stereocenters. The average Bonchev–Trinajstić information content (AvgIpc) is 2.75. The minimum absolute atomic E-state index is 0.209. The van der Waals surface area contributed by atoms with E-state index >= 15 is 0 Å². The van der Waals surface area contributed by atoms with Crippen LogP contribution in [0, 0.1) is 0 Å². The first kappa shape index (κ1) is 18.0. The van der Waals surface area contributed by atoms with Gasteiger partial charge in [-0.05, 0) is 12.8 Å². The third-order valence-electron chi connectivity index (χ3n) is 4.25. The summed E-state index contributed by atoms with van der Waals surface area (Å²) in [5, 5.41) is 0. The lowest BCUT2D eigenvalue weighted by molar-refractivity contribution is -0.133. The summed E-state index contributed by atoms with van der Waals surface area (Å²) in [6, 6.07) is 0. The predicted molar refractivity (Wildman–Crippen MR) is 86.1 cm³/mol. The molecular formula is C17H32N2O2. The molecule has 1 saturated heterocycles. The number of carbonyl (C=O) groups excluding carboxylic acids is 2.